The van der Waals surface area contributed by atoms with Crippen LogP contribution in [-0.4, -0.2) is 18.4 Å². The highest BCUT2D eigenvalue weighted by Gasteiger charge is 2.32. The highest BCUT2D eigenvalue weighted by atomic mass is 16.2. The molecule has 1 aliphatic rings. The van der Waals surface area contributed by atoms with Crippen LogP contribution in [0.1, 0.15) is 27.7 Å². The summed E-state index contributed by atoms with van der Waals surface area (Å²) in [6.45, 7) is -0.0429. The minimum atomic E-state index is -0.557. The first kappa shape index (κ1) is 14.6. The van der Waals surface area contributed by atoms with E-state index in [4.69, 9.17) is 11.0 Å². The van der Waals surface area contributed by atoms with Crippen LogP contribution in [0.5, 0.6) is 0 Å². The summed E-state index contributed by atoms with van der Waals surface area (Å²) in [5.74, 6) is -0.730. The van der Waals surface area contributed by atoms with Crippen LogP contribution in [-0.2, 0) is 4.79 Å². The molecule has 1 heterocycles. The van der Waals surface area contributed by atoms with E-state index in [2.05, 4.69) is 11.4 Å². The largest absolute Gasteiger partial charge is 0.368 e. The minimum Gasteiger partial charge on any atom is -0.368 e. The SMILES string of the molecule is N#Cc1cccc([C@@H]2NC(=O)c3ccccc3N2CC(N)=O)c1. The van der Waals surface area contributed by atoms with E-state index in [-0.39, 0.29) is 12.5 Å². The molecule has 6 nitrogen and oxygen atoms in total. The van der Waals surface area contributed by atoms with Crippen molar-refractivity contribution in [1.29, 1.82) is 5.26 Å². The van der Waals surface area contributed by atoms with E-state index < -0.39 is 12.1 Å². The van der Waals surface area contributed by atoms with Crippen LogP contribution >= 0.6 is 0 Å². The number of anilines is 1. The number of hydrogen-bond acceptors (Lipinski definition) is 4. The van der Waals surface area contributed by atoms with Gasteiger partial charge in [0.15, 0.2) is 0 Å². The van der Waals surface area contributed by atoms with E-state index >= 15 is 0 Å². The maximum Gasteiger partial charge on any atom is 0.255 e. The van der Waals surface area contributed by atoms with Gasteiger partial charge in [0, 0.05) is 0 Å². The molecule has 0 fully saturated rings. The van der Waals surface area contributed by atoms with Gasteiger partial charge in [-0.2, -0.15) is 5.26 Å². The van der Waals surface area contributed by atoms with Crippen LogP contribution in [0.2, 0.25) is 0 Å². The van der Waals surface area contributed by atoms with Gasteiger partial charge in [0.05, 0.1) is 29.4 Å². The molecule has 1 aliphatic heterocycles. The fraction of sp³-hybridized carbons (Fsp3) is 0.118. The lowest BCUT2D eigenvalue weighted by Crippen LogP contribution is -2.49. The van der Waals surface area contributed by atoms with E-state index in [9.17, 15) is 9.59 Å². The van der Waals surface area contributed by atoms with Gasteiger partial charge in [-0.1, -0.05) is 24.3 Å². The maximum absolute atomic E-state index is 12.3. The van der Waals surface area contributed by atoms with Crippen molar-refractivity contribution in [2.45, 2.75) is 6.17 Å². The Balaban J connectivity index is 2.10. The topological polar surface area (TPSA) is 99.2 Å². The first-order chi connectivity index (χ1) is 11.1. The normalized spacial score (nSPS) is 16.2. The zero-order valence-corrected chi connectivity index (χ0v) is 12.2. The molecule has 0 spiro atoms. The van der Waals surface area contributed by atoms with Gasteiger partial charge >= 0.3 is 0 Å². The smallest absolute Gasteiger partial charge is 0.255 e. The van der Waals surface area contributed by atoms with Gasteiger partial charge < -0.3 is 16.0 Å². The highest BCUT2D eigenvalue weighted by molar-refractivity contribution is 6.02. The van der Waals surface area contributed by atoms with Crippen molar-refractivity contribution in [2.24, 2.45) is 5.73 Å². The Hall–Kier alpha value is -3.33. The second kappa shape index (κ2) is 5.81. The van der Waals surface area contributed by atoms with Crippen molar-refractivity contribution in [1.82, 2.24) is 5.32 Å². The van der Waals surface area contributed by atoms with Crippen LogP contribution < -0.4 is 16.0 Å². The van der Waals surface area contributed by atoms with Gasteiger partial charge in [-0.25, -0.2) is 0 Å². The molecule has 2 aromatic rings. The lowest BCUT2D eigenvalue weighted by Gasteiger charge is -2.38. The molecular weight excluding hydrogens is 292 g/mol. The van der Waals surface area contributed by atoms with Crippen LogP contribution in [0.3, 0.4) is 0 Å². The van der Waals surface area contributed by atoms with Crippen molar-refractivity contribution < 1.29 is 9.59 Å². The Morgan fingerprint density at radius 2 is 2.04 bits per heavy atom. The predicted octanol–water partition coefficient (Wildman–Crippen LogP) is 1.29. The number of carbonyl (C=O) groups excluding carboxylic acids is 2. The fourth-order valence-corrected chi connectivity index (χ4v) is 2.72. The minimum absolute atomic E-state index is 0.0429. The Morgan fingerprint density at radius 1 is 1.26 bits per heavy atom. The summed E-state index contributed by atoms with van der Waals surface area (Å²) in [6, 6.07) is 16.0. The van der Waals surface area contributed by atoms with Crippen LogP contribution in [0.4, 0.5) is 5.69 Å². The Labute approximate surface area is 133 Å². The monoisotopic (exact) mass is 306 g/mol. The number of amides is 2. The molecule has 0 bridgehead atoms. The number of nitrogens with one attached hydrogen (secondary N) is 1. The summed E-state index contributed by atoms with van der Waals surface area (Å²) in [4.78, 5) is 25.5. The third kappa shape index (κ3) is 2.72. The van der Waals surface area contributed by atoms with Crippen molar-refractivity contribution in [3.05, 3.63) is 65.2 Å². The lowest BCUT2D eigenvalue weighted by atomic mass is 10.0. The molecule has 3 N–H and O–H groups in total. The summed E-state index contributed by atoms with van der Waals surface area (Å²) in [6.07, 6.45) is -0.557. The third-order valence-corrected chi connectivity index (χ3v) is 3.70. The highest BCUT2D eigenvalue weighted by Crippen LogP contribution is 2.32. The number of carbonyl (C=O) groups is 2. The van der Waals surface area contributed by atoms with Crippen molar-refractivity contribution in [3.63, 3.8) is 0 Å². The van der Waals surface area contributed by atoms with Gasteiger partial charge in [-0.15, -0.1) is 0 Å². The lowest BCUT2D eigenvalue weighted by molar-refractivity contribution is -0.116. The number of nitrogens with zero attached hydrogens (tertiary/aromatic N) is 2. The number of hydrogen-bond donors (Lipinski definition) is 2. The van der Waals surface area contributed by atoms with E-state index in [0.29, 0.717) is 22.4 Å². The summed E-state index contributed by atoms with van der Waals surface area (Å²) < 4.78 is 0. The number of rotatable bonds is 3. The zero-order chi connectivity index (χ0) is 16.4. The number of nitriles is 1. The second-order valence-corrected chi connectivity index (χ2v) is 5.22. The van der Waals surface area contributed by atoms with Crippen LogP contribution in [0, 0.1) is 11.3 Å². The summed E-state index contributed by atoms with van der Waals surface area (Å²) >= 11 is 0. The molecule has 114 valence electrons. The number of nitrogens with two attached hydrogens (primary N) is 1. The Morgan fingerprint density at radius 3 is 2.78 bits per heavy atom. The van der Waals surface area contributed by atoms with Gasteiger partial charge in [0.25, 0.3) is 5.91 Å². The molecule has 0 saturated carbocycles. The van der Waals surface area contributed by atoms with E-state index in [1.807, 2.05) is 0 Å². The number of para-hydroxylation sites is 1. The van der Waals surface area contributed by atoms with Crippen LogP contribution in [0.25, 0.3) is 0 Å². The molecule has 0 radical (unpaired) electrons. The van der Waals surface area contributed by atoms with Crippen molar-refractivity contribution >= 4 is 17.5 Å². The molecule has 2 amide bonds. The van der Waals surface area contributed by atoms with Crippen molar-refractivity contribution in [2.75, 3.05) is 11.4 Å². The summed E-state index contributed by atoms with van der Waals surface area (Å²) in [5.41, 5.74) is 7.69. The molecule has 2 aromatic carbocycles. The Kier molecular flexibility index (Phi) is 3.69. The van der Waals surface area contributed by atoms with E-state index in [0.717, 1.165) is 0 Å². The maximum atomic E-state index is 12.3. The average molecular weight is 306 g/mol. The number of benzene rings is 2. The Bertz CT molecular complexity index is 825. The second-order valence-electron chi connectivity index (χ2n) is 5.22. The molecular formula is C17H14N4O2. The first-order valence-corrected chi connectivity index (χ1v) is 7.05. The fourth-order valence-electron chi connectivity index (χ4n) is 2.72. The zero-order valence-electron chi connectivity index (χ0n) is 12.2. The van der Waals surface area contributed by atoms with Gasteiger partial charge in [-0.3, -0.25) is 9.59 Å². The van der Waals surface area contributed by atoms with E-state index in [1.54, 1.807) is 53.4 Å². The molecule has 23 heavy (non-hydrogen) atoms. The van der Waals surface area contributed by atoms with Crippen molar-refractivity contribution in [3.8, 4) is 6.07 Å². The van der Waals surface area contributed by atoms with Crippen LogP contribution in [0.15, 0.2) is 48.5 Å². The number of primary amides is 1. The quantitative estimate of drug-likeness (QED) is 0.892. The van der Waals surface area contributed by atoms with Gasteiger partial charge in [-0.05, 0) is 29.8 Å². The van der Waals surface area contributed by atoms with E-state index in [1.165, 1.54) is 0 Å². The molecule has 0 unspecified atom stereocenters. The third-order valence-electron chi connectivity index (χ3n) is 3.70. The van der Waals surface area contributed by atoms with Gasteiger partial charge in [0.2, 0.25) is 5.91 Å². The predicted molar refractivity (Wildman–Crippen MR) is 84.3 cm³/mol. The summed E-state index contributed by atoms with van der Waals surface area (Å²) in [5, 5.41) is 11.9. The first-order valence-electron chi connectivity index (χ1n) is 7.05. The molecule has 0 aliphatic carbocycles. The average Bonchev–Trinajstić information content (AvgIpc) is 2.57. The molecule has 0 saturated heterocycles. The molecule has 1 atom stereocenters. The number of fused-ring (bicyclic) bond motifs is 1. The summed E-state index contributed by atoms with van der Waals surface area (Å²) in [7, 11) is 0. The molecule has 6 heteroatoms. The molecule has 0 aromatic heterocycles. The molecule has 3 rings (SSSR count). The van der Waals surface area contributed by atoms with Gasteiger partial charge in [0.1, 0.15) is 6.17 Å². The standard InChI is InChI=1S/C17H14N4O2/c18-9-11-4-3-5-12(8-11)16-20-17(23)13-6-1-2-7-14(13)21(16)10-15(19)22/h1-8,16H,10H2,(H2,19,22)(H,20,23)/t16-/m1/s1.